The number of carbonyl (C=O) groups is 1. The Morgan fingerprint density at radius 2 is 2.15 bits per heavy atom. The maximum Gasteiger partial charge on any atom is 0.305 e. The van der Waals surface area contributed by atoms with Crippen LogP contribution in [-0.2, 0) is 9.53 Å². The normalized spacial score (nSPS) is 17.3. The van der Waals surface area contributed by atoms with Gasteiger partial charge in [-0.25, -0.2) is 0 Å². The Labute approximate surface area is 164 Å². The molecule has 1 fully saturated rings. The van der Waals surface area contributed by atoms with Crippen molar-refractivity contribution in [2.24, 2.45) is 4.99 Å². The van der Waals surface area contributed by atoms with E-state index >= 15 is 0 Å². The minimum Gasteiger partial charge on any atom is -0.469 e. The molecule has 0 aromatic heterocycles. The van der Waals surface area contributed by atoms with Gasteiger partial charge in [0.05, 0.1) is 12.8 Å². The van der Waals surface area contributed by atoms with E-state index < -0.39 is 0 Å². The zero-order valence-electron chi connectivity index (χ0n) is 15.6. The van der Waals surface area contributed by atoms with Gasteiger partial charge in [0.15, 0.2) is 5.96 Å². The lowest BCUT2D eigenvalue weighted by molar-refractivity contribution is -0.140. The molecular formula is C19H29BrN4O2. The number of guanidine groups is 1. The van der Waals surface area contributed by atoms with Crippen LogP contribution in [0, 0.1) is 0 Å². The maximum absolute atomic E-state index is 11.1. The smallest absolute Gasteiger partial charge is 0.305 e. The van der Waals surface area contributed by atoms with E-state index in [1.807, 2.05) is 6.07 Å². The van der Waals surface area contributed by atoms with Crippen molar-refractivity contribution in [3.8, 4) is 0 Å². The number of unbranched alkanes of at least 4 members (excludes halogenated alkanes) is 2. The molecule has 2 rings (SSSR count). The van der Waals surface area contributed by atoms with Crippen LogP contribution in [0.15, 0.2) is 33.7 Å². The van der Waals surface area contributed by atoms with Gasteiger partial charge in [0.2, 0.25) is 0 Å². The van der Waals surface area contributed by atoms with Crippen LogP contribution in [0.25, 0.3) is 0 Å². The predicted molar refractivity (Wildman–Crippen MR) is 110 cm³/mol. The second kappa shape index (κ2) is 11.1. The SMILES string of the molecule is CN=C(NCCCCCC(=O)OC)NC1CCN(c2ccccc2Br)C1. The Morgan fingerprint density at radius 3 is 2.88 bits per heavy atom. The first-order valence-corrected chi connectivity index (χ1v) is 9.96. The van der Waals surface area contributed by atoms with Crippen molar-refractivity contribution >= 4 is 33.5 Å². The molecule has 1 unspecified atom stereocenters. The second-order valence-electron chi connectivity index (χ2n) is 6.41. The van der Waals surface area contributed by atoms with Crippen LogP contribution in [0.3, 0.4) is 0 Å². The van der Waals surface area contributed by atoms with Crippen LogP contribution in [0.1, 0.15) is 32.1 Å². The van der Waals surface area contributed by atoms with E-state index in [9.17, 15) is 4.79 Å². The van der Waals surface area contributed by atoms with Gasteiger partial charge in [0.25, 0.3) is 0 Å². The summed E-state index contributed by atoms with van der Waals surface area (Å²) in [6.45, 7) is 2.84. The summed E-state index contributed by atoms with van der Waals surface area (Å²) in [5.41, 5.74) is 1.24. The number of benzene rings is 1. The second-order valence-corrected chi connectivity index (χ2v) is 7.27. The topological polar surface area (TPSA) is 66.0 Å². The Balaban J connectivity index is 1.67. The van der Waals surface area contributed by atoms with Crippen molar-refractivity contribution in [2.75, 3.05) is 38.7 Å². The van der Waals surface area contributed by atoms with E-state index in [0.29, 0.717) is 12.5 Å². The average molecular weight is 425 g/mol. The van der Waals surface area contributed by atoms with E-state index in [1.54, 1.807) is 7.05 Å². The monoisotopic (exact) mass is 424 g/mol. The molecule has 26 heavy (non-hydrogen) atoms. The summed E-state index contributed by atoms with van der Waals surface area (Å²) < 4.78 is 5.78. The summed E-state index contributed by atoms with van der Waals surface area (Å²) in [4.78, 5) is 17.8. The van der Waals surface area contributed by atoms with E-state index in [0.717, 1.165) is 55.7 Å². The highest BCUT2D eigenvalue weighted by molar-refractivity contribution is 9.10. The molecule has 1 aromatic carbocycles. The molecule has 0 radical (unpaired) electrons. The first-order valence-electron chi connectivity index (χ1n) is 9.17. The van der Waals surface area contributed by atoms with Crippen LogP contribution in [0.4, 0.5) is 5.69 Å². The zero-order valence-corrected chi connectivity index (χ0v) is 17.2. The van der Waals surface area contributed by atoms with Gasteiger partial charge in [0, 0.05) is 43.6 Å². The molecule has 0 saturated carbocycles. The Bertz CT molecular complexity index is 609. The molecule has 144 valence electrons. The van der Waals surface area contributed by atoms with Crippen LogP contribution < -0.4 is 15.5 Å². The van der Waals surface area contributed by atoms with Crippen LogP contribution in [0.5, 0.6) is 0 Å². The molecule has 6 nitrogen and oxygen atoms in total. The molecule has 2 N–H and O–H groups in total. The molecule has 0 amide bonds. The molecule has 0 aliphatic carbocycles. The minimum absolute atomic E-state index is 0.133. The molecule has 1 aliphatic heterocycles. The summed E-state index contributed by atoms with van der Waals surface area (Å²) in [5, 5.41) is 6.87. The number of rotatable bonds is 8. The number of nitrogens with zero attached hydrogens (tertiary/aromatic N) is 2. The van der Waals surface area contributed by atoms with Crippen LogP contribution >= 0.6 is 15.9 Å². The Kier molecular flexibility index (Phi) is 8.74. The number of carbonyl (C=O) groups excluding carboxylic acids is 1. The number of para-hydroxylation sites is 1. The van der Waals surface area contributed by atoms with Gasteiger partial charge >= 0.3 is 5.97 Å². The summed E-state index contributed by atoms with van der Waals surface area (Å²) in [6, 6.07) is 8.72. The third-order valence-electron chi connectivity index (χ3n) is 4.52. The number of methoxy groups -OCH3 is 1. The van der Waals surface area contributed by atoms with Gasteiger partial charge in [-0.2, -0.15) is 0 Å². The molecule has 0 bridgehead atoms. The van der Waals surface area contributed by atoms with Gasteiger partial charge in [-0.05, 0) is 47.3 Å². The van der Waals surface area contributed by atoms with Crippen molar-refractivity contribution in [3.05, 3.63) is 28.7 Å². The molecule has 7 heteroatoms. The fourth-order valence-corrected chi connectivity index (χ4v) is 3.61. The molecule has 1 atom stereocenters. The third kappa shape index (κ3) is 6.52. The van der Waals surface area contributed by atoms with Gasteiger partial charge in [-0.1, -0.05) is 18.6 Å². The number of hydrogen-bond donors (Lipinski definition) is 2. The van der Waals surface area contributed by atoms with Crippen molar-refractivity contribution in [1.29, 1.82) is 0 Å². The number of aliphatic imine (C=N–C) groups is 1. The zero-order chi connectivity index (χ0) is 18.8. The lowest BCUT2D eigenvalue weighted by atomic mass is 10.2. The Hall–Kier alpha value is -1.76. The molecule has 0 spiro atoms. The van der Waals surface area contributed by atoms with Crippen molar-refractivity contribution in [1.82, 2.24) is 10.6 Å². The maximum atomic E-state index is 11.1. The van der Waals surface area contributed by atoms with E-state index in [-0.39, 0.29) is 5.97 Å². The Morgan fingerprint density at radius 1 is 1.35 bits per heavy atom. The van der Waals surface area contributed by atoms with Crippen molar-refractivity contribution in [2.45, 2.75) is 38.1 Å². The highest BCUT2D eigenvalue weighted by Gasteiger charge is 2.24. The summed E-state index contributed by atoms with van der Waals surface area (Å²) in [6.07, 6.45) is 4.45. The highest BCUT2D eigenvalue weighted by Crippen LogP contribution is 2.28. The largest absolute Gasteiger partial charge is 0.469 e. The number of anilines is 1. The molecular weight excluding hydrogens is 396 g/mol. The van der Waals surface area contributed by atoms with Gasteiger partial charge < -0.3 is 20.3 Å². The number of esters is 1. The minimum atomic E-state index is -0.133. The van der Waals surface area contributed by atoms with E-state index in [1.165, 1.54) is 12.8 Å². The fraction of sp³-hybridized carbons (Fsp3) is 0.579. The number of halogens is 1. The summed E-state index contributed by atoms with van der Waals surface area (Å²) in [5.74, 6) is 0.711. The van der Waals surface area contributed by atoms with Gasteiger partial charge in [-0.15, -0.1) is 0 Å². The number of ether oxygens (including phenoxy) is 1. The molecule has 1 aromatic rings. The van der Waals surface area contributed by atoms with Crippen molar-refractivity contribution < 1.29 is 9.53 Å². The standard InChI is InChI=1S/C19H29BrN4O2/c1-21-19(22-12-7-3-4-10-18(25)26-2)23-15-11-13-24(14-15)17-9-6-5-8-16(17)20/h5-6,8-9,15H,3-4,7,10-14H2,1-2H3,(H2,21,22,23). The lowest BCUT2D eigenvalue weighted by Gasteiger charge is -2.21. The lowest BCUT2D eigenvalue weighted by Crippen LogP contribution is -2.44. The van der Waals surface area contributed by atoms with Gasteiger partial charge in [0.1, 0.15) is 0 Å². The summed E-state index contributed by atoms with van der Waals surface area (Å²) in [7, 11) is 3.23. The summed E-state index contributed by atoms with van der Waals surface area (Å²) >= 11 is 3.63. The number of nitrogens with one attached hydrogen (secondary N) is 2. The van der Waals surface area contributed by atoms with Crippen LogP contribution in [0.2, 0.25) is 0 Å². The van der Waals surface area contributed by atoms with Crippen molar-refractivity contribution in [3.63, 3.8) is 0 Å². The third-order valence-corrected chi connectivity index (χ3v) is 5.19. The van der Waals surface area contributed by atoms with E-state index in [2.05, 4.69) is 59.4 Å². The predicted octanol–water partition coefficient (Wildman–Crippen LogP) is 2.93. The molecule has 1 saturated heterocycles. The molecule has 1 heterocycles. The quantitative estimate of drug-likeness (QED) is 0.290. The first-order chi connectivity index (χ1) is 12.6. The number of hydrogen-bond acceptors (Lipinski definition) is 4. The van der Waals surface area contributed by atoms with Crippen LogP contribution in [-0.4, -0.2) is 51.8 Å². The average Bonchev–Trinajstić information content (AvgIpc) is 3.11. The highest BCUT2D eigenvalue weighted by atomic mass is 79.9. The van der Waals surface area contributed by atoms with Gasteiger partial charge in [-0.3, -0.25) is 9.79 Å². The molecule has 1 aliphatic rings. The van der Waals surface area contributed by atoms with E-state index in [4.69, 9.17) is 0 Å². The first kappa shape index (κ1) is 20.6. The fourth-order valence-electron chi connectivity index (χ4n) is 3.07.